The number of ether oxygens (including phenoxy) is 2. The first-order valence-corrected chi connectivity index (χ1v) is 8.58. The van der Waals surface area contributed by atoms with Gasteiger partial charge in [0, 0.05) is 18.2 Å². The molecule has 2 aromatic carbocycles. The summed E-state index contributed by atoms with van der Waals surface area (Å²) >= 11 is 0. The lowest BCUT2D eigenvalue weighted by Gasteiger charge is -2.25. The minimum Gasteiger partial charge on any atom is -0.497 e. The van der Waals surface area contributed by atoms with Crippen LogP contribution < -0.4 is 9.47 Å². The average molecular weight is 355 g/mol. The van der Waals surface area contributed by atoms with Gasteiger partial charge in [0.15, 0.2) is 0 Å². The van der Waals surface area contributed by atoms with Crippen molar-refractivity contribution < 1.29 is 18.7 Å². The second-order valence-electron chi connectivity index (χ2n) is 6.19. The first kappa shape index (κ1) is 18.0. The summed E-state index contributed by atoms with van der Waals surface area (Å²) in [5, 5.41) is 0. The van der Waals surface area contributed by atoms with E-state index in [2.05, 4.69) is 0 Å². The fraction of sp³-hybridized carbons (Fsp3) is 0.286. The molecule has 136 valence electrons. The van der Waals surface area contributed by atoms with Gasteiger partial charge in [0.2, 0.25) is 5.91 Å². The van der Waals surface area contributed by atoms with Crippen LogP contribution in [0.4, 0.5) is 4.39 Å². The summed E-state index contributed by atoms with van der Waals surface area (Å²) in [5.74, 6) is 1.06. The molecule has 1 saturated heterocycles. The Bertz CT molecular complexity index is 819. The van der Waals surface area contributed by atoms with E-state index in [-0.39, 0.29) is 17.8 Å². The molecule has 1 fully saturated rings. The number of nitrogens with zero attached hydrogens (tertiary/aromatic N) is 1. The fourth-order valence-corrected chi connectivity index (χ4v) is 3.33. The Balaban J connectivity index is 1.83. The van der Waals surface area contributed by atoms with Crippen LogP contribution in [0.15, 0.2) is 48.5 Å². The van der Waals surface area contributed by atoms with Crippen molar-refractivity contribution in [3.05, 3.63) is 65.5 Å². The van der Waals surface area contributed by atoms with Crippen molar-refractivity contribution in [2.24, 2.45) is 0 Å². The molecule has 0 aliphatic carbocycles. The summed E-state index contributed by atoms with van der Waals surface area (Å²) in [6.45, 7) is 0.678. The lowest BCUT2D eigenvalue weighted by Crippen LogP contribution is -2.29. The summed E-state index contributed by atoms with van der Waals surface area (Å²) in [6, 6.07) is 11.7. The number of benzene rings is 2. The van der Waals surface area contributed by atoms with E-state index in [4.69, 9.17) is 9.47 Å². The van der Waals surface area contributed by atoms with Crippen LogP contribution in [0.2, 0.25) is 0 Å². The molecule has 4 nitrogen and oxygen atoms in total. The number of halogens is 1. The first-order valence-electron chi connectivity index (χ1n) is 8.58. The second kappa shape index (κ2) is 8.04. The minimum atomic E-state index is -0.320. The summed E-state index contributed by atoms with van der Waals surface area (Å²) in [6.07, 6.45) is 4.93. The van der Waals surface area contributed by atoms with Crippen LogP contribution in [-0.4, -0.2) is 31.6 Å². The molecule has 0 saturated carbocycles. The Labute approximate surface area is 152 Å². The maximum absolute atomic E-state index is 13.3. The predicted octanol–water partition coefficient (Wildman–Crippen LogP) is 4.22. The zero-order valence-corrected chi connectivity index (χ0v) is 14.9. The highest BCUT2D eigenvalue weighted by molar-refractivity contribution is 5.92. The number of carbonyl (C=O) groups excluding carboxylic acids is 1. The Kier molecular flexibility index (Phi) is 5.56. The van der Waals surface area contributed by atoms with E-state index in [1.807, 2.05) is 23.1 Å². The van der Waals surface area contributed by atoms with Gasteiger partial charge < -0.3 is 14.4 Å². The van der Waals surface area contributed by atoms with E-state index in [1.54, 1.807) is 32.4 Å². The van der Waals surface area contributed by atoms with Gasteiger partial charge in [0.1, 0.15) is 17.3 Å². The molecule has 2 aromatic rings. The third-order valence-corrected chi connectivity index (χ3v) is 4.60. The number of carbonyl (C=O) groups is 1. The monoisotopic (exact) mass is 355 g/mol. The van der Waals surface area contributed by atoms with E-state index in [1.165, 1.54) is 18.2 Å². The van der Waals surface area contributed by atoms with Gasteiger partial charge in [0.25, 0.3) is 0 Å². The number of methoxy groups -OCH3 is 2. The van der Waals surface area contributed by atoms with Crippen LogP contribution in [0.5, 0.6) is 11.5 Å². The maximum atomic E-state index is 13.3. The average Bonchev–Trinajstić information content (AvgIpc) is 3.15. The Morgan fingerprint density at radius 1 is 1.19 bits per heavy atom. The molecule has 1 amide bonds. The van der Waals surface area contributed by atoms with E-state index < -0.39 is 0 Å². The van der Waals surface area contributed by atoms with Crippen LogP contribution in [-0.2, 0) is 4.79 Å². The number of hydrogen-bond acceptors (Lipinski definition) is 3. The third-order valence-electron chi connectivity index (χ3n) is 4.60. The molecule has 1 heterocycles. The molecule has 1 atom stereocenters. The molecule has 1 aliphatic heterocycles. The number of amides is 1. The van der Waals surface area contributed by atoms with Crippen LogP contribution in [0, 0.1) is 5.82 Å². The quantitative estimate of drug-likeness (QED) is 0.754. The van der Waals surface area contributed by atoms with Gasteiger partial charge in [-0.25, -0.2) is 4.39 Å². The molecule has 0 bridgehead atoms. The Morgan fingerprint density at radius 2 is 2.04 bits per heavy atom. The van der Waals surface area contributed by atoms with Gasteiger partial charge in [-0.1, -0.05) is 12.1 Å². The molecule has 0 spiro atoms. The number of likely N-dealkylation sites (tertiary alicyclic amines) is 1. The minimum absolute atomic E-state index is 0.0651. The molecular weight excluding hydrogens is 333 g/mol. The van der Waals surface area contributed by atoms with Crippen molar-refractivity contribution >= 4 is 12.0 Å². The zero-order chi connectivity index (χ0) is 18.5. The molecular formula is C21H22FNO3. The van der Waals surface area contributed by atoms with Gasteiger partial charge in [-0.05, 0) is 54.8 Å². The van der Waals surface area contributed by atoms with Crippen LogP contribution in [0.25, 0.3) is 6.08 Å². The van der Waals surface area contributed by atoms with E-state index >= 15 is 0 Å². The molecule has 1 aliphatic rings. The van der Waals surface area contributed by atoms with Crippen molar-refractivity contribution in [3.8, 4) is 11.5 Å². The normalized spacial score (nSPS) is 16.9. The van der Waals surface area contributed by atoms with Crippen molar-refractivity contribution in [1.82, 2.24) is 4.90 Å². The molecule has 3 rings (SSSR count). The number of rotatable bonds is 5. The molecule has 26 heavy (non-hydrogen) atoms. The smallest absolute Gasteiger partial charge is 0.247 e. The zero-order valence-electron chi connectivity index (χ0n) is 14.9. The molecule has 0 radical (unpaired) electrons. The van der Waals surface area contributed by atoms with Crippen molar-refractivity contribution in [2.45, 2.75) is 18.9 Å². The van der Waals surface area contributed by atoms with Gasteiger partial charge in [-0.15, -0.1) is 0 Å². The summed E-state index contributed by atoms with van der Waals surface area (Å²) in [5.41, 5.74) is 1.60. The topological polar surface area (TPSA) is 38.8 Å². The van der Waals surface area contributed by atoms with E-state index in [0.29, 0.717) is 12.1 Å². The largest absolute Gasteiger partial charge is 0.497 e. The van der Waals surface area contributed by atoms with Crippen molar-refractivity contribution in [3.63, 3.8) is 0 Å². The second-order valence-corrected chi connectivity index (χ2v) is 6.19. The van der Waals surface area contributed by atoms with E-state index in [0.717, 1.165) is 29.9 Å². The van der Waals surface area contributed by atoms with Crippen LogP contribution >= 0.6 is 0 Å². The molecule has 0 N–H and O–H groups in total. The molecule has 1 unspecified atom stereocenters. The van der Waals surface area contributed by atoms with Crippen molar-refractivity contribution in [1.29, 1.82) is 0 Å². The highest BCUT2D eigenvalue weighted by atomic mass is 19.1. The van der Waals surface area contributed by atoms with Gasteiger partial charge in [-0.2, -0.15) is 0 Å². The van der Waals surface area contributed by atoms with E-state index in [9.17, 15) is 9.18 Å². The van der Waals surface area contributed by atoms with Gasteiger partial charge >= 0.3 is 0 Å². The first-order chi connectivity index (χ1) is 12.6. The highest BCUT2D eigenvalue weighted by Crippen LogP contribution is 2.39. The Morgan fingerprint density at radius 3 is 2.77 bits per heavy atom. The lowest BCUT2D eigenvalue weighted by molar-refractivity contribution is -0.126. The molecule has 0 aromatic heterocycles. The summed E-state index contributed by atoms with van der Waals surface area (Å²) in [7, 11) is 3.24. The third kappa shape index (κ3) is 3.87. The summed E-state index contributed by atoms with van der Waals surface area (Å²) < 4.78 is 24.1. The fourth-order valence-electron chi connectivity index (χ4n) is 3.33. The predicted molar refractivity (Wildman–Crippen MR) is 98.7 cm³/mol. The van der Waals surface area contributed by atoms with Crippen LogP contribution in [0.1, 0.15) is 30.0 Å². The van der Waals surface area contributed by atoms with Crippen molar-refractivity contribution in [2.75, 3.05) is 20.8 Å². The van der Waals surface area contributed by atoms with Gasteiger partial charge in [0.05, 0.1) is 20.3 Å². The molecule has 5 heteroatoms. The van der Waals surface area contributed by atoms with Gasteiger partial charge in [-0.3, -0.25) is 4.79 Å². The standard InChI is InChI=1S/C21H22FNO3/c1-25-17-9-10-20(26-2)18(14-17)19-7-4-12-23(19)21(24)11-8-15-5-3-6-16(22)13-15/h3,5-6,8-11,13-14,19H,4,7,12H2,1-2H3/b11-8+. The SMILES string of the molecule is COc1ccc(OC)c(C2CCCN2C(=O)/C=C/c2cccc(F)c2)c1. The highest BCUT2D eigenvalue weighted by Gasteiger charge is 2.31. The Hall–Kier alpha value is -2.82. The lowest BCUT2D eigenvalue weighted by atomic mass is 10.0. The maximum Gasteiger partial charge on any atom is 0.247 e. The van der Waals surface area contributed by atoms with Crippen LogP contribution in [0.3, 0.4) is 0 Å². The summed E-state index contributed by atoms with van der Waals surface area (Å²) in [4.78, 5) is 14.5. The number of hydrogen-bond donors (Lipinski definition) is 0.